The Balaban J connectivity index is 2.38. The summed E-state index contributed by atoms with van der Waals surface area (Å²) in [5, 5.41) is 6.75. The maximum atomic E-state index is 12.9. The van der Waals surface area contributed by atoms with Gasteiger partial charge in [0.2, 0.25) is 10.0 Å². The van der Waals surface area contributed by atoms with Crippen LogP contribution < -0.4 is 5.73 Å². The molecule has 0 spiro atoms. The van der Waals surface area contributed by atoms with Crippen molar-refractivity contribution in [2.75, 3.05) is 6.54 Å². The predicted molar refractivity (Wildman–Crippen MR) is 77.7 cm³/mol. The lowest BCUT2D eigenvalue weighted by atomic mass is 9.95. The molecule has 1 aliphatic carbocycles. The summed E-state index contributed by atoms with van der Waals surface area (Å²) in [6.07, 6.45) is 5.30. The van der Waals surface area contributed by atoms with E-state index in [1.807, 2.05) is 6.92 Å². The first-order chi connectivity index (χ1) is 9.52. The fourth-order valence-electron chi connectivity index (χ4n) is 3.06. The molecule has 114 valence electrons. The molecule has 0 unspecified atom stereocenters. The fraction of sp³-hybridized carbons (Fsp3) is 0.769. The molecule has 3 N–H and O–H groups in total. The number of hydrogen-bond acceptors (Lipinski definition) is 4. The highest BCUT2D eigenvalue weighted by Gasteiger charge is 2.34. The molecule has 6 nitrogen and oxygen atoms in total. The quantitative estimate of drug-likeness (QED) is 0.862. The first kappa shape index (κ1) is 15.5. The number of hydrogen-bond donors (Lipinski definition) is 2. The van der Waals surface area contributed by atoms with Crippen LogP contribution in [0.15, 0.2) is 4.90 Å². The number of aryl methyl sites for hydroxylation is 1. The van der Waals surface area contributed by atoms with E-state index in [4.69, 9.17) is 5.73 Å². The number of nitrogens with one attached hydrogen (secondary N) is 1. The molecule has 1 aromatic rings. The van der Waals surface area contributed by atoms with Gasteiger partial charge in [0.15, 0.2) is 0 Å². The van der Waals surface area contributed by atoms with E-state index in [1.54, 1.807) is 11.2 Å². The average Bonchev–Trinajstić information content (AvgIpc) is 2.82. The molecule has 0 radical (unpaired) electrons. The minimum absolute atomic E-state index is 0.110. The van der Waals surface area contributed by atoms with Crippen LogP contribution in [0, 0.1) is 6.92 Å². The molecule has 0 amide bonds. The molecule has 20 heavy (non-hydrogen) atoms. The first-order valence-electron chi connectivity index (χ1n) is 7.28. The summed E-state index contributed by atoms with van der Waals surface area (Å²) in [4.78, 5) is 0.271. The zero-order chi connectivity index (χ0) is 14.8. The van der Waals surface area contributed by atoms with Crippen molar-refractivity contribution in [3.63, 3.8) is 0 Å². The van der Waals surface area contributed by atoms with Gasteiger partial charge in [0.05, 0.1) is 11.4 Å². The molecular formula is C13H24N4O2S. The van der Waals surface area contributed by atoms with Gasteiger partial charge in [-0.05, 0) is 19.8 Å². The Labute approximate surface area is 120 Å². The van der Waals surface area contributed by atoms with Gasteiger partial charge < -0.3 is 5.73 Å². The van der Waals surface area contributed by atoms with Gasteiger partial charge in [-0.15, -0.1) is 0 Å². The van der Waals surface area contributed by atoms with Crippen molar-refractivity contribution < 1.29 is 8.42 Å². The molecule has 0 atom stereocenters. The summed E-state index contributed by atoms with van der Waals surface area (Å²) >= 11 is 0. The van der Waals surface area contributed by atoms with Crippen molar-refractivity contribution in [2.24, 2.45) is 5.73 Å². The van der Waals surface area contributed by atoms with Crippen LogP contribution in [0.2, 0.25) is 0 Å². The first-order valence-corrected chi connectivity index (χ1v) is 8.72. The largest absolute Gasteiger partial charge is 0.325 e. The van der Waals surface area contributed by atoms with Crippen LogP contribution in [0.3, 0.4) is 0 Å². The second kappa shape index (κ2) is 6.24. The van der Waals surface area contributed by atoms with Crippen molar-refractivity contribution in [1.29, 1.82) is 0 Å². The lowest BCUT2D eigenvalue weighted by Gasteiger charge is -2.32. The van der Waals surface area contributed by atoms with Crippen molar-refractivity contribution in [3.05, 3.63) is 11.4 Å². The molecule has 1 heterocycles. The van der Waals surface area contributed by atoms with E-state index in [2.05, 4.69) is 10.2 Å². The summed E-state index contributed by atoms with van der Waals surface area (Å²) in [5.74, 6) is 0. The average molecular weight is 300 g/mol. The summed E-state index contributed by atoms with van der Waals surface area (Å²) in [7, 11) is -3.52. The van der Waals surface area contributed by atoms with Crippen molar-refractivity contribution in [2.45, 2.75) is 63.4 Å². The van der Waals surface area contributed by atoms with Crippen LogP contribution >= 0.6 is 0 Å². The highest BCUT2D eigenvalue weighted by molar-refractivity contribution is 7.89. The van der Waals surface area contributed by atoms with Crippen LogP contribution in [0.4, 0.5) is 0 Å². The number of H-pyrrole nitrogens is 1. The Morgan fingerprint density at radius 1 is 1.35 bits per heavy atom. The normalized spacial score (nSPS) is 17.8. The third kappa shape index (κ3) is 2.75. The van der Waals surface area contributed by atoms with Crippen LogP contribution in [-0.2, 0) is 16.6 Å². The Kier molecular flexibility index (Phi) is 4.82. The second-order valence-electron chi connectivity index (χ2n) is 5.33. The van der Waals surface area contributed by atoms with Gasteiger partial charge in [0, 0.05) is 19.1 Å². The summed E-state index contributed by atoms with van der Waals surface area (Å²) in [5.41, 5.74) is 6.61. The highest BCUT2D eigenvalue weighted by atomic mass is 32.2. The number of rotatable bonds is 5. The third-order valence-electron chi connectivity index (χ3n) is 4.01. The van der Waals surface area contributed by atoms with Crippen molar-refractivity contribution in [3.8, 4) is 0 Å². The maximum Gasteiger partial charge on any atom is 0.247 e. The van der Waals surface area contributed by atoms with Crippen LogP contribution in [0.25, 0.3) is 0 Å². The Morgan fingerprint density at radius 2 is 2.00 bits per heavy atom. The van der Waals surface area contributed by atoms with E-state index in [-0.39, 0.29) is 17.5 Å². The number of aromatic nitrogens is 2. The number of sulfonamides is 1. The van der Waals surface area contributed by atoms with Gasteiger partial charge >= 0.3 is 0 Å². The minimum atomic E-state index is -3.52. The molecule has 1 aromatic heterocycles. The lowest BCUT2D eigenvalue weighted by Crippen LogP contribution is -2.41. The zero-order valence-electron chi connectivity index (χ0n) is 12.2. The van der Waals surface area contributed by atoms with Crippen molar-refractivity contribution in [1.82, 2.24) is 14.5 Å². The SMILES string of the molecule is CCN(C1CCCCC1)S(=O)(=O)c1c(CN)n[nH]c1C. The van der Waals surface area contributed by atoms with Crippen molar-refractivity contribution >= 4 is 10.0 Å². The molecule has 0 bridgehead atoms. The molecule has 7 heteroatoms. The van der Waals surface area contributed by atoms with Gasteiger partial charge in [-0.1, -0.05) is 26.2 Å². The number of nitrogens with zero attached hydrogens (tertiary/aromatic N) is 2. The minimum Gasteiger partial charge on any atom is -0.325 e. The molecule has 0 saturated heterocycles. The zero-order valence-corrected chi connectivity index (χ0v) is 13.0. The smallest absolute Gasteiger partial charge is 0.247 e. The lowest BCUT2D eigenvalue weighted by molar-refractivity contribution is 0.261. The Morgan fingerprint density at radius 3 is 2.55 bits per heavy atom. The standard InChI is InChI=1S/C13H24N4O2S/c1-3-17(11-7-5-4-6-8-11)20(18,19)13-10(2)15-16-12(13)9-14/h11H,3-9,14H2,1-2H3,(H,15,16). The third-order valence-corrected chi connectivity index (χ3v) is 6.25. The van der Waals surface area contributed by atoms with Gasteiger partial charge in [-0.3, -0.25) is 5.10 Å². The fourth-order valence-corrected chi connectivity index (χ4v) is 5.10. The van der Waals surface area contributed by atoms with Gasteiger partial charge in [-0.25, -0.2) is 8.42 Å². The Bertz CT molecular complexity index is 547. The molecular weight excluding hydrogens is 276 g/mol. The van der Waals surface area contributed by atoms with E-state index in [1.165, 1.54) is 6.42 Å². The van der Waals surface area contributed by atoms with Crippen LogP contribution in [-0.4, -0.2) is 35.5 Å². The highest BCUT2D eigenvalue weighted by Crippen LogP contribution is 2.29. The van der Waals surface area contributed by atoms with E-state index in [9.17, 15) is 8.42 Å². The predicted octanol–water partition coefficient (Wildman–Crippen LogP) is 1.52. The monoisotopic (exact) mass is 300 g/mol. The summed E-state index contributed by atoms with van der Waals surface area (Å²) in [6, 6.07) is 0.110. The van der Waals surface area contributed by atoms with E-state index in [0.717, 1.165) is 25.7 Å². The molecule has 1 aliphatic rings. The molecule has 0 aliphatic heterocycles. The summed E-state index contributed by atoms with van der Waals surface area (Å²) in [6.45, 7) is 4.24. The number of aromatic amines is 1. The van der Waals surface area contributed by atoms with Crippen LogP contribution in [0.1, 0.15) is 50.4 Å². The Hall–Kier alpha value is -0.920. The van der Waals surface area contributed by atoms with E-state index < -0.39 is 10.0 Å². The molecule has 1 fully saturated rings. The molecule has 1 saturated carbocycles. The second-order valence-corrected chi connectivity index (χ2v) is 7.16. The van der Waals surface area contributed by atoms with Gasteiger partial charge in [0.25, 0.3) is 0 Å². The molecule has 2 rings (SSSR count). The maximum absolute atomic E-state index is 12.9. The van der Waals surface area contributed by atoms with E-state index in [0.29, 0.717) is 17.9 Å². The van der Waals surface area contributed by atoms with Gasteiger partial charge in [0.1, 0.15) is 4.90 Å². The summed E-state index contributed by atoms with van der Waals surface area (Å²) < 4.78 is 27.5. The van der Waals surface area contributed by atoms with Crippen LogP contribution in [0.5, 0.6) is 0 Å². The van der Waals surface area contributed by atoms with Gasteiger partial charge in [-0.2, -0.15) is 9.40 Å². The molecule has 0 aromatic carbocycles. The van der Waals surface area contributed by atoms with E-state index >= 15 is 0 Å². The number of nitrogens with two attached hydrogens (primary N) is 1. The topological polar surface area (TPSA) is 92.1 Å².